The quantitative estimate of drug-likeness (QED) is 0.00721. The summed E-state index contributed by atoms with van der Waals surface area (Å²) in [5.74, 6) is -2.31. The number of fused-ring (bicyclic) bond motifs is 2. The first kappa shape index (κ1) is 67.7. The van der Waals surface area contributed by atoms with Crippen LogP contribution in [0.5, 0.6) is 11.5 Å². The van der Waals surface area contributed by atoms with E-state index in [4.69, 9.17) is 51.8 Å². The van der Waals surface area contributed by atoms with Gasteiger partial charge in [0.1, 0.15) is 75.7 Å². The van der Waals surface area contributed by atoms with Gasteiger partial charge in [0.2, 0.25) is 0 Å². The molecule has 0 fully saturated rings. The number of rotatable bonds is 34. The number of benzene rings is 6. The molecule has 476 valence electrons. The first-order valence-electron chi connectivity index (χ1n) is 29.3. The summed E-state index contributed by atoms with van der Waals surface area (Å²) in [5, 5.41) is 5.41. The van der Waals surface area contributed by atoms with Crippen molar-refractivity contribution >= 4 is 58.6 Å². The molecule has 1 heterocycles. The fourth-order valence-corrected chi connectivity index (χ4v) is 8.69. The van der Waals surface area contributed by atoms with Crippen molar-refractivity contribution < 1.29 is 90.1 Å². The molecule has 2 N–H and O–H groups in total. The molecular formula is C69H70N2O20. The highest BCUT2D eigenvalue weighted by atomic mass is 16.6. The van der Waals surface area contributed by atoms with Gasteiger partial charge in [-0.2, -0.15) is 0 Å². The minimum absolute atomic E-state index is 0.0211. The van der Waals surface area contributed by atoms with E-state index in [1.807, 2.05) is 26.0 Å². The van der Waals surface area contributed by atoms with Crippen LogP contribution in [0.3, 0.4) is 0 Å². The number of esters is 4. The van der Waals surface area contributed by atoms with E-state index in [1.165, 1.54) is 87.0 Å². The van der Waals surface area contributed by atoms with Gasteiger partial charge in [0.15, 0.2) is 29.1 Å². The van der Waals surface area contributed by atoms with Gasteiger partial charge in [0.25, 0.3) is 0 Å². The number of nitrogens with one attached hydrogen (secondary N) is 2. The standard InChI is InChI=1S/C69H70N2O20/c1-5-7-19-52(87-43-57(66(77)81-3)70-68(79)89-41-45-15-11-9-12-16-45)38-59(73)47-21-25-49(26-22-47)64(75)85-35-33-83-54-30-32-56-62(40-54)91-61-37-51(72)29-31-55(61)63(56)84-34-36-86-65(76)50-27-23-48(24-28-50)60(74)39-53(20-8-6-2)88-44-58(67(78)82-4)71-69(80)90-42-46-17-13-10-14-18-46/h9-18,21-32,37-40,57-58H,5-8,19-20,33-36,41-44H2,1-4H3,(H,70,79)(H,71,80)/b52-38+,53-39+/t57-,58-/m0/s1. The van der Waals surface area contributed by atoms with Crippen molar-refractivity contribution in [3.8, 4) is 22.8 Å². The van der Waals surface area contributed by atoms with Crippen molar-refractivity contribution in [2.24, 2.45) is 0 Å². The molecule has 0 bridgehead atoms. The Kier molecular flexibility index (Phi) is 26.3. The van der Waals surface area contributed by atoms with Crippen LogP contribution in [-0.4, -0.2) is 114 Å². The number of carbonyl (C=O) groups excluding carboxylic acids is 8. The lowest BCUT2D eigenvalue weighted by atomic mass is 10.1. The molecule has 1 aliphatic heterocycles. The maximum Gasteiger partial charge on any atom is 0.408 e. The Labute approximate surface area is 524 Å². The van der Waals surface area contributed by atoms with Crippen LogP contribution in [-0.2, 0) is 60.7 Å². The van der Waals surface area contributed by atoms with E-state index in [-0.39, 0.29) is 97.8 Å². The van der Waals surface area contributed by atoms with Crippen LogP contribution in [0, 0.1) is 0 Å². The predicted octanol–water partition coefficient (Wildman–Crippen LogP) is 10.9. The minimum Gasteiger partial charge on any atom is -0.495 e. The number of ether oxygens (including phenoxy) is 10. The predicted molar refractivity (Wildman–Crippen MR) is 330 cm³/mol. The number of allylic oxidation sites excluding steroid dienone is 4. The molecule has 0 saturated heterocycles. The third-order valence-corrected chi connectivity index (χ3v) is 13.6. The molecule has 5 aromatic carbocycles. The third-order valence-electron chi connectivity index (χ3n) is 13.6. The molecule has 0 radical (unpaired) electrons. The third kappa shape index (κ3) is 21.2. The molecule has 22 nitrogen and oxygen atoms in total. The fraction of sp³-hybridized carbons (Fsp3) is 0.290. The summed E-state index contributed by atoms with van der Waals surface area (Å²) in [6.07, 6.45) is 4.48. The zero-order chi connectivity index (χ0) is 64.9. The Bertz CT molecular complexity index is 3690. The van der Waals surface area contributed by atoms with Crippen LogP contribution in [0.2, 0.25) is 0 Å². The average molecular weight is 1250 g/mol. The van der Waals surface area contributed by atoms with Gasteiger partial charge in [-0.3, -0.25) is 14.4 Å². The number of unbranched alkanes of at least 4 members (excludes halogenated alkanes) is 2. The second-order valence-corrected chi connectivity index (χ2v) is 20.2. The van der Waals surface area contributed by atoms with Crippen LogP contribution in [0.15, 0.2) is 178 Å². The molecule has 2 amide bonds. The summed E-state index contributed by atoms with van der Waals surface area (Å²) in [6, 6.07) is 36.3. The van der Waals surface area contributed by atoms with Crippen LogP contribution in [0.1, 0.15) is 105 Å². The van der Waals surface area contributed by atoms with Gasteiger partial charge in [-0.15, -0.1) is 0 Å². The molecule has 2 aliphatic rings. The van der Waals surface area contributed by atoms with Crippen molar-refractivity contribution in [1.82, 2.24) is 10.6 Å². The van der Waals surface area contributed by atoms with E-state index in [0.717, 1.165) is 24.0 Å². The molecule has 0 saturated carbocycles. The van der Waals surface area contributed by atoms with Gasteiger partial charge in [0.05, 0.1) is 47.8 Å². The number of ketones is 2. The zero-order valence-electron chi connectivity index (χ0n) is 50.7. The van der Waals surface area contributed by atoms with E-state index in [1.54, 1.807) is 72.8 Å². The van der Waals surface area contributed by atoms with E-state index in [0.29, 0.717) is 53.7 Å². The maximum atomic E-state index is 13.4. The fourth-order valence-electron chi connectivity index (χ4n) is 8.69. The highest BCUT2D eigenvalue weighted by molar-refractivity contribution is 6.06. The highest BCUT2D eigenvalue weighted by Crippen LogP contribution is 2.40. The highest BCUT2D eigenvalue weighted by Gasteiger charge is 2.26. The zero-order valence-corrected chi connectivity index (χ0v) is 50.7. The lowest BCUT2D eigenvalue weighted by Gasteiger charge is -2.18. The second kappa shape index (κ2) is 35.3. The molecule has 7 rings (SSSR count). The topological polar surface area (TPSA) is 283 Å². The SMILES string of the molecule is CCCC/C(=C\C(=O)c1ccc(C(=O)OCCOc2ccc3c(OCCOC(=O)c4ccc(C(=O)/C=C(\CCCC)OC[C@H](NC(=O)OCc5ccccc5)C(=O)OC)cc4)c4ccc(=O)cc-4oc3c2)cc1)OC[C@H](NC(=O)OCc1ccccc1)C(=O)OC. The minimum atomic E-state index is -1.23. The van der Waals surface area contributed by atoms with Gasteiger partial charge in [-0.1, -0.05) is 112 Å². The summed E-state index contributed by atoms with van der Waals surface area (Å²) in [4.78, 5) is 116. The van der Waals surface area contributed by atoms with Crippen LogP contribution in [0.4, 0.5) is 9.59 Å². The van der Waals surface area contributed by atoms with Crippen molar-refractivity contribution in [3.05, 3.63) is 213 Å². The lowest BCUT2D eigenvalue weighted by molar-refractivity contribution is -0.145. The van der Waals surface area contributed by atoms with Gasteiger partial charge in [0, 0.05) is 48.3 Å². The molecule has 1 aliphatic carbocycles. The smallest absolute Gasteiger partial charge is 0.408 e. The Morgan fingerprint density at radius 3 is 1.42 bits per heavy atom. The molecule has 2 atom stereocenters. The van der Waals surface area contributed by atoms with Gasteiger partial charge in [-0.25, -0.2) is 28.8 Å². The molecule has 0 unspecified atom stereocenters. The Morgan fingerprint density at radius 2 is 0.956 bits per heavy atom. The molecular weight excluding hydrogens is 1180 g/mol. The maximum absolute atomic E-state index is 13.4. The summed E-state index contributed by atoms with van der Waals surface area (Å²) < 4.78 is 61.1. The number of hydrogen-bond acceptors (Lipinski definition) is 20. The monoisotopic (exact) mass is 1250 g/mol. The number of amides is 2. The van der Waals surface area contributed by atoms with Gasteiger partial charge in [-0.05, 0) is 72.5 Å². The summed E-state index contributed by atoms with van der Waals surface area (Å²) in [5.41, 5.74) is 2.78. The molecule has 0 spiro atoms. The summed E-state index contributed by atoms with van der Waals surface area (Å²) in [6.45, 7) is 2.71. The number of hydrogen-bond donors (Lipinski definition) is 2. The molecule has 91 heavy (non-hydrogen) atoms. The summed E-state index contributed by atoms with van der Waals surface area (Å²) in [7, 11) is 2.34. The van der Waals surface area contributed by atoms with Crippen molar-refractivity contribution in [2.75, 3.05) is 53.9 Å². The van der Waals surface area contributed by atoms with Crippen LogP contribution in [0.25, 0.3) is 22.3 Å². The number of carbonyl (C=O) groups is 8. The van der Waals surface area contributed by atoms with Crippen LogP contribution < -0.4 is 25.5 Å². The van der Waals surface area contributed by atoms with Crippen LogP contribution >= 0.6 is 0 Å². The second-order valence-electron chi connectivity index (χ2n) is 20.2. The van der Waals surface area contributed by atoms with Gasteiger partial charge >= 0.3 is 36.1 Å². The van der Waals surface area contributed by atoms with Crippen molar-refractivity contribution in [3.63, 3.8) is 0 Å². The normalized spacial score (nSPS) is 11.9. The van der Waals surface area contributed by atoms with Crippen molar-refractivity contribution in [2.45, 2.75) is 77.7 Å². The van der Waals surface area contributed by atoms with E-state index in [2.05, 4.69) is 10.6 Å². The summed E-state index contributed by atoms with van der Waals surface area (Å²) >= 11 is 0. The Morgan fingerprint density at radius 1 is 0.495 bits per heavy atom. The molecule has 0 aromatic heterocycles. The van der Waals surface area contributed by atoms with Gasteiger partial charge < -0.3 is 62.4 Å². The first-order chi connectivity index (χ1) is 44.1. The van der Waals surface area contributed by atoms with E-state index in [9.17, 15) is 43.2 Å². The number of alkyl carbamates (subject to hydrolysis) is 2. The molecule has 22 heteroatoms. The largest absolute Gasteiger partial charge is 0.495 e. The lowest BCUT2D eigenvalue weighted by Crippen LogP contribution is -2.44. The van der Waals surface area contributed by atoms with Crippen molar-refractivity contribution in [1.29, 1.82) is 0 Å². The Balaban J connectivity index is 0.884. The first-order valence-corrected chi connectivity index (χ1v) is 29.3. The van der Waals surface area contributed by atoms with E-state index >= 15 is 0 Å². The van der Waals surface area contributed by atoms with E-state index < -0.39 is 59.7 Å². The Hall–Kier alpha value is -10.8. The molecule has 5 aromatic rings. The number of methoxy groups -OCH3 is 2. The average Bonchev–Trinajstić information content (AvgIpc) is 0.855.